The van der Waals surface area contributed by atoms with Gasteiger partial charge in [0.25, 0.3) is 0 Å². The molecule has 0 aromatic heterocycles. The minimum atomic E-state index is 0.550. The standard InChI is InChI=1S/C11H14BrClN2S/c1-15(5-4-11(14)16)7-8-2-3-9(12)6-10(8)13/h2-3,6H,4-5,7H2,1H3,(H2,14,16). The molecule has 1 rings (SSSR count). The zero-order chi connectivity index (χ0) is 12.1. The van der Waals surface area contributed by atoms with E-state index in [9.17, 15) is 0 Å². The van der Waals surface area contributed by atoms with Crippen molar-refractivity contribution in [3.63, 3.8) is 0 Å². The third-order valence-electron chi connectivity index (χ3n) is 2.20. The van der Waals surface area contributed by atoms with Crippen LogP contribution >= 0.6 is 39.7 Å². The molecule has 0 aliphatic carbocycles. The minimum absolute atomic E-state index is 0.550. The van der Waals surface area contributed by atoms with Crippen LogP contribution in [0, 0.1) is 0 Å². The van der Waals surface area contributed by atoms with Crippen LogP contribution in [0.15, 0.2) is 22.7 Å². The molecule has 0 unspecified atom stereocenters. The predicted octanol–water partition coefficient (Wildman–Crippen LogP) is 3.21. The molecule has 0 saturated carbocycles. The maximum absolute atomic E-state index is 6.13. The molecule has 0 fully saturated rings. The number of benzene rings is 1. The second kappa shape index (κ2) is 6.55. The molecule has 0 aliphatic rings. The smallest absolute Gasteiger partial charge is 0.0740 e. The molecule has 0 aliphatic heterocycles. The molecule has 5 heteroatoms. The Hall–Kier alpha value is -0.160. The van der Waals surface area contributed by atoms with Gasteiger partial charge in [-0.05, 0) is 24.7 Å². The molecule has 1 aromatic rings. The highest BCUT2D eigenvalue weighted by atomic mass is 79.9. The molecule has 0 bridgehead atoms. The number of hydrogen-bond donors (Lipinski definition) is 1. The van der Waals surface area contributed by atoms with Crippen LogP contribution < -0.4 is 5.73 Å². The molecule has 2 nitrogen and oxygen atoms in total. The topological polar surface area (TPSA) is 29.3 Å². The van der Waals surface area contributed by atoms with Crippen LogP contribution in [0.4, 0.5) is 0 Å². The van der Waals surface area contributed by atoms with Gasteiger partial charge >= 0.3 is 0 Å². The summed E-state index contributed by atoms with van der Waals surface area (Å²) in [5.41, 5.74) is 6.56. The third kappa shape index (κ3) is 4.78. The Balaban J connectivity index is 2.55. The van der Waals surface area contributed by atoms with Crippen LogP contribution in [0.5, 0.6) is 0 Å². The van der Waals surface area contributed by atoms with Gasteiger partial charge in [-0.3, -0.25) is 0 Å². The van der Waals surface area contributed by atoms with Crippen molar-refractivity contribution in [2.75, 3.05) is 13.6 Å². The summed E-state index contributed by atoms with van der Waals surface area (Å²) in [4.78, 5) is 2.70. The summed E-state index contributed by atoms with van der Waals surface area (Å²) in [5, 5.41) is 0.775. The van der Waals surface area contributed by atoms with Gasteiger partial charge in [0.05, 0.1) is 4.99 Å². The highest BCUT2D eigenvalue weighted by Crippen LogP contribution is 2.22. The van der Waals surface area contributed by atoms with Gasteiger partial charge in [0.15, 0.2) is 0 Å². The highest BCUT2D eigenvalue weighted by molar-refractivity contribution is 9.10. The maximum atomic E-state index is 6.13. The summed E-state index contributed by atoms with van der Waals surface area (Å²) in [6.45, 7) is 1.65. The van der Waals surface area contributed by atoms with E-state index in [0.717, 1.165) is 34.6 Å². The lowest BCUT2D eigenvalue weighted by atomic mass is 10.2. The van der Waals surface area contributed by atoms with Crippen molar-refractivity contribution in [3.05, 3.63) is 33.3 Å². The van der Waals surface area contributed by atoms with E-state index in [0.29, 0.717) is 4.99 Å². The number of rotatable bonds is 5. The Morgan fingerprint density at radius 3 is 2.81 bits per heavy atom. The van der Waals surface area contributed by atoms with Gasteiger partial charge in [-0.15, -0.1) is 0 Å². The second-order valence-electron chi connectivity index (χ2n) is 3.69. The first-order valence-corrected chi connectivity index (χ1v) is 6.47. The molecule has 88 valence electrons. The van der Waals surface area contributed by atoms with Crippen LogP contribution in [-0.2, 0) is 6.54 Å². The lowest BCUT2D eigenvalue weighted by Gasteiger charge is -2.17. The molecule has 2 N–H and O–H groups in total. The van der Waals surface area contributed by atoms with E-state index in [1.54, 1.807) is 0 Å². The monoisotopic (exact) mass is 320 g/mol. The Labute approximate surface area is 115 Å². The molecule has 0 saturated heterocycles. The summed E-state index contributed by atoms with van der Waals surface area (Å²) < 4.78 is 0.993. The fourth-order valence-corrected chi connectivity index (χ4v) is 2.15. The Kier molecular flexibility index (Phi) is 5.69. The van der Waals surface area contributed by atoms with Crippen molar-refractivity contribution < 1.29 is 0 Å². The highest BCUT2D eigenvalue weighted by Gasteiger charge is 2.05. The zero-order valence-corrected chi connectivity index (χ0v) is 12.2. The summed E-state index contributed by atoms with van der Waals surface area (Å²) in [6, 6.07) is 5.91. The lowest BCUT2D eigenvalue weighted by Crippen LogP contribution is -2.23. The summed E-state index contributed by atoms with van der Waals surface area (Å²) in [5.74, 6) is 0. The molecule has 0 amide bonds. The Morgan fingerprint density at radius 2 is 2.25 bits per heavy atom. The van der Waals surface area contributed by atoms with Crippen molar-refractivity contribution in [2.45, 2.75) is 13.0 Å². The molecule has 0 spiro atoms. The van der Waals surface area contributed by atoms with Gasteiger partial charge in [-0.2, -0.15) is 0 Å². The van der Waals surface area contributed by atoms with Gasteiger partial charge in [0.2, 0.25) is 0 Å². The summed E-state index contributed by atoms with van der Waals surface area (Å²) in [6.07, 6.45) is 0.736. The maximum Gasteiger partial charge on any atom is 0.0740 e. The van der Waals surface area contributed by atoms with Crippen molar-refractivity contribution in [1.82, 2.24) is 4.90 Å². The third-order valence-corrected chi connectivity index (χ3v) is 3.24. The first-order valence-electron chi connectivity index (χ1n) is 4.90. The molecular formula is C11H14BrClN2S. The first-order chi connectivity index (χ1) is 7.49. The molecule has 0 radical (unpaired) electrons. The fourth-order valence-electron chi connectivity index (χ4n) is 1.32. The second-order valence-corrected chi connectivity index (χ2v) is 5.54. The van der Waals surface area contributed by atoms with E-state index in [1.807, 2.05) is 25.2 Å². The van der Waals surface area contributed by atoms with Gasteiger partial charge in [-0.25, -0.2) is 0 Å². The van der Waals surface area contributed by atoms with Crippen LogP contribution in [0.1, 0.15) is 12.0 Å². The van der Waals surface area contributed by atoms with Crippen LogP contribution in [0.25, 0.3) is 0 Å². The minimum Gasteiger partial charge on any atom is -0.393 e. The normalized spacial score (nSPS) is 10.8. The van der Waals surface area contributed by atoms with E-state index < -0.39 is 0 Å². The average Bonchev–Trinajstić information content (AvgIpc) is 2.19. The largest absolute Gasteiger partial charge is 0.393 e. The Morgan fingerprint density at radius 1 is 1.56 bits per heavy atom. The molecule has 16 heavy (non-hydrogen) atoms. The van der Waals surface area contributed by atoms with Crippen LogP contribution in [0.2, 0.25) is 5.02 Å². The van der Waals surface area contributed by atoms with E-state index in [1.165, 1.54) is 0 Å². The molecular weight excluding hydrogens is 308 g/mol. The predicted molar refractivity (Wildman–Crippen MR) is 76.9 cm³/mol. The zero-order valence-electron chi connectivity index (χ0n) is 9.04. The average molecular weight is 322 g/mol. The Bertz CT molecular complexity index is 384. The van der Waals surface area contributed by atoms with Crippen molar-refractivity contribution >= 4 is 44.7 Å². The number of halogens is 2. The van der Waals surface area contributed by atoms with Gasteiger partial charge in [-0.1, -0.05) is 45.8 Å². The van der Waals surface area contributed by atoms with Gasteiger partial charge in [0.1, 0.15) is 0 Å². The van der Waals surface area contributed by atoms with E-state index in [4.69, 9.17) is 29.6 Å². The van der Waals surface area contributed by atoms with E-state index in [-0.39, 0.29) is 0 Å². The number of nitrogens with two attached hydrogens (primary N) is 1. The van der Waals surface area contributed by atoms with E-state index >= 15 is 0 Å². The summed E-state index contributed by atoms with van der Waals surface area (Å²) >= 11 is 14.4. The number of nitrogens with zero attached hydrogens (tertiary/aromatic N) is 1. The lowest BCUT2D eigenvalue weighted by molar-refractivity contribution is 0.337. The SMILES string of the molecule is CN(CCC(N)=S)Cc1ccc(Br)cc1Cl. The van der Waals surface area contributed by atoms with Gasteiger partial charge in [0, 0.05) is 29.0 Å². The van der Waals surface area contributed by atoms with Crippen LogP contribution in [-0.4, -0.2) is 23.5 Å². The van der Waals surface area contributed by atoms with Crippen molar-refractivity contribution in [1.29, 1.82) is 0 Å². The first kappa shape index (κ1) is 13.9. The number of thiocarbonyl (C=S) groups is 1. The summed E-state index contributed by atoms with van der Waals surface area (Å²) in [7, 11) is 2.02. The van der Waals surface area contributed by atoms with Crippen LogP contribution in [0.3, 0.4) is 0 Å². The molecule has 0 heterocycles. The van der Waals surface area contributed by atoms with Gasteiger partial charge < -0.3 is 10.6 Å². The molecule has 1 aromatic carbocycles. The van der Waals surface area contributed by atoms with Crippen molar-refractivity contribution in [3.8, 4) is 0 Å². The fraction of sp³-hybridized carbons (Fsp3) is 0.364. The number of hydrogen-bond acceptors (Lipinski definition) is 2. The van der Waals surface area contributed by atoms with E-state index in [2.05, 4.69) is 20.8 Å². The molecule has 0 atom stereocenters. The van der Waals surface area contributed by atoms with Crippen molar-refractivity contribution in [2.24, 2.45) is 5.73 Å². The quantitative estimate of drug-likeness (QED) is 0.844.